The fourth-order valence-corrected chi connectivity index (χ4v) is 4.05. The van der Waals surface area contributed by atoms with Gasteiger partial charge in [0.05, 0.1) is 22.9 Å². The largest absolute Gasteiger partial charge is 0.458 e. The second-order valence-corrected chi connectivity index (χ2v) is 9.06. The predicted molar refractivity (Wildman–Crippen MR) is 116 cm³/mol. The highest BCUT2D eigenvalue weighted by Gasteiger charge is 2.27. The van der Waals surface area contributed by atoms with Gasteiger partial charge in [-0.1, -0.05) is 18.5 Å². The molecule has 0 saturated heterocycles. The van der Waals surface area contributed by atoms with Gasteiger partial charge in [-0.25, -0.2) is 14.2 Å². The van der Waals surface area contributed by atoms with Crippen LogP contribution in [0.1, 0.15) is 44.3 Å². The Morgan fingerprint density at radius 3 is 2.53 bits per heavy atom. The SMILES string of the molecule is COC[C@H](C)n1c(NS(=O)C(C)C(C)c2ncc(Cl)cn2)nnc1-c1ccc(C)o1. The van der Waals surface area contributed by atoms with Gasteiger partial charge in [0.1, 0.15) is 22.6 Å². The molecular weight excluding hydrogens is 428 g/mol. The lowest BCUT2D eigenvalue weighted by molar-refractivity contribution is 0.163. The summed E-state index contributed by atoms with van der Waals surface area (Å²) in [5, 5.41) is 8.63. The van der Waals surface area contributed by atoms with Gasteiger partial charge in [0.25, 0.3) is 0 Å². The number of aromatic nitrogens is 5. The topological polar surface area (TPSA) is 108 Å². The number of furan rings is 1. The Labute approximate surface area is 182 Å². The van der Waals surface area contributed by atoms with E-state index in [1.54, 1.807) is 7.11 Å². The fraction of sp³-hybridized carbons (Fsp3) is 0.474. The standard InChI is InChI=1S/C19H25ClN6O3S/c1-11(10-28-5)26-18(16-7-6-12(2)29-16)23-24-19(26)25-30(27)14(4)13(3)17-21-8-15(20)9-22-17/h6-9,11,13-14H,10H2,1-5H3,(H,24,25)/t11-,13?,14?,30?/m0/s1. The number of nitrogens with zero attached hydrogens (tertiary/aromatic N) is 5. The first-order chi connectivity index (χ1) is 14.3. The molecule has 3 heterocycles. The number of aryl methyl sites for hydroxylation is 1. The number of nitrogens with one attached hydrogen (secondary N) is 1. The van der Waals surface area contributed by atoms with E-state index in [1.807, 2.05) is 44.4 Å². The zero-order valence-corrected chi connectivity index (χ0v) is 19.1. The minimum atomic E-state index is -1.48. The lowest BCUT2D eigenvalue weighted by atomic mass is 10.1. The van der Waals surface area contributed by atoms with Gasteiger partial charge in [0.2, 0.25) is 11.8 Å². The maximum absolute atomic E-state index is 13.1. The van der Waals surface area contributed by atoms with Gasteiger partial charge < -0.3 is 9.15 Å². The summed E-state index contributed by atoms with van der Waals surface area (Å²) in [7, 11) is 0.146. The summed E-state index contributed by atoms with van der Waals surface area (Å²) >= 11 is 5.86. The third-order valence-electron chi connectivity index (χ3n) is 4.79. The highest BCUT2D eigenvalue weighted by Crippen LogP contribution is 2.28. The second-order valence-electron chi connectivity index (χ2n) is 7.08. The summed E-state index contributed by atoms with van der Waals surface area (Å²) in [5.41, 5.74) is 0. The van der Waals surface area contributed by atoms with E-state index in [9.17, 15) is 4.21 Å². The average molecular weight is 453 g/mol. The molecule has 0 fully saturated rings. The van der Waals surface area contributed by atoms with Gasteiger partial charge in [-0.3, -0.25) is 9.29 Å². The van der Waals surface area contributed by atoms with E-state index in [-0.39, 0.29) is 17.2 Å². The van der Waals surface area contributed by atoms with Crippen molar-refractivity contribution in [3.05, 3.63) is 41.1 Å². The lowest BCUT2D eigenvalue weighted by Gasteiger charge is -2.21. The Morgan fingerprint density at radius 2 is 1.93 bits per heavy atom. The van der Waals surface area contributed by atoms with Crippen molar-refractivity contribution in [2.45, 2.75) is 44.9 Å². The van der Waals surface area contributed by atoms with Crippen LogP contribution in [0.25, 0.3) is 11.6 Å². The minimum absolute atomic E-state index is 0.114. The van der Waals surface area contributed by atoms with Crippen LogP contribution < -0.4 is 4.72 Å². The Balaban J connectivity index is 1.85. The van der Waals surface area contributed by atoms with Crippen molar-refractivity contribution in [3.8, 4) is 11.6 Å². The van der Waals surface area contributed by atoms with E-state index >= 15 is 0 Å². The molecule has 9 nitrogen and oxygen atoms in total. The quantitative estimate of drug-likeness (QED) is 0.526. The summed E-state index contributed by atoms with van der Waals surface area (Å²) in [5.74, 6) is 2.66. The Morgan fingerprint density at radius 1 is 1.23 bits per heavy atom. The zero-order valence-electron chi connectivity index (χ0n) is 17.5. The van der Waals surface area contributed by atoms with Gasteiger partial charge in [0, 0.05) is 25.4 Å². The molecule has 0 amide bonds. The van der Waals surface area contributed by atoms with Crippen molar-refractivity contribution in [1.29, 1.82) is 0 Å². The molecule has 0 bridgehead atoms. The molecule has 0 saturated carbocycles. The molecule has 0 aliphatic carbocycles. The first-order valence-electron chi connectivity index (χ1n) is 9.47. The summed E-state index contributed by atoms with van der Waals surface area (Å²) in [6.45, 7) is 8.04. The maximum Gasteiger partial charge on any atom is 0.237 e. The van der Waals surface area contributed by atoms with Crippen molar-refractivity contribution >= 4 is 28.5 Å². The Kier molecular flexibility index (Phi) is 7.22. The normalized spacial score (nSPS) is 15.5. The summed E-state index contributed by atoms with van der Waals surface area (Å²) < 4.78 is 28.9. The number of methoxy groups -OCH3 is 1. The first kappa shape index (κ1) is 22.4. The van der Waals surface area contributed by atoms with Crippen LogP contribution in [0.3, 0.4) is 0 Å². The monoisotopic (exact) mass is 452 g/mol. The predicted octanol–water partition coefficient (Wildman–Crippen LogP) is 3.77. The molecular formula is C19H25ClN6O3S. The second kappa shape index (κ2) is 9.67. The molecule has 0 aliphatic rings. The van der Waals surface area contributed by atoms with Gasteiger partial charge in [0.15, 0.2) is 5.76 Å². The van der Waals surface area contributed by atoms with Crippen LogP contribution in [0.15, 0.2) is 28.9 Å². The molecule has 30 heavy (non-hydrogen) atoms. The van der Waals surface area contributed by atoms with Crippen LogP contribution >= 0.6 is 11.6 Å². The molecule has 1 N–H and O–H groups in total. The number of rotatable bonds is 9. The van der Waals surface area contributed by atoms with Crippen LogP contribution in [0.4, 0.5) is 5.95 Å². The molecule has 162 valence electrons. The van der Waals surface area contributed by atoms with E-state index in [1.165, 1.54) is 12.4 Å². The van der Waals surface area contributed by atoms with Crippen LogP contribution in [0.2, 0.25) is 5.02 Å². The third kappa shape index (κ3) is 4.88. The number of halogens is 1. The van der Waals surface area contributed by atoms with Gasteiger partial charge in [-0.15, -0.1) is 10.2 Å². The van der Waals surface area contributed by atoms with Crippen LogP contribution in [-0.4, -0.2) is 47.9 Å². The number of ether oxygens (including phenoxy) is 1. The van der Waals surface area contributed by atoms with Gasteiger partial charge in [-0.05, 0) is 32.9 Å². The minimum Gasteiger partial charge on any atom is -0.458 e. The lowest BCUT2D eigenvalue weighted by Crippen LogP contribution is -2.27. The van der Waals surface area contributed by atoms with Crippen molar-refractivity contribution in [2.24, 2.45) is 0 Å². The fourth-order valence-electron chi connectivity index (χ4n) is 2.95. The molecule has 3 aromatic heterocycles. The number of hydrogen-bond donors (Lipinski definition) is 1. The van der Waals surface area contributed by atoms with Gasteiger partial charge >= 0.3 is 0 Å². The van der Waals surface area contributed by atoms with Gasteiger partial charge in [-0.2, -0.15) is 0 Å². The Bertz CT molecular complexity index is 1010. The molecule has 4 atom stereocenters. The molecule has 3 aromatic rings. The number of hydrogen-bond acceptors (Lipinski definition) is 7. The summed E-state index contributed by atoms with van der Waals surface area (Å²) in [6, 6.07) is 3.58. The molecule has 0 spiro atoms. The van der Waals surface area contributed by atoms with Crippen molar-refractivity contribution in [1.82, 2.24) is 24.7 Å². The van der Waals surface area contributed by atoms with E-state index in [2.05, 4.69) is 24.9 Å². The zero-order chi connectivity index (χ0) is 21.8. The molecule has 11 heteroatoms. The van der Waals surface area contributed by atoms with Crippen molar-refractivity contribution < 1.29 is 13.4 Å². The average Bonchev–Trinajstić information content (AvgIpc) is 3.33. The Hall–Kier alpha value is -2.30. The summed E-state index contributed by atoms with van der Waals surface area (Å²) in [4.78, 5) is 8.48. The summed E-state index contributed by atoms with van der Waals surface area (Å²) in [6.07, 6.45) is 3.06. The number of anilines is 1. The molecule has 0 aromatic carbocycles. The highest BCUT2D eigenvalue weighted by molar-refractivity contribution is 7.87. The van der Waals surface area contributed by atoms with Crippen LogP contribution in [-0.2, 0) is 15.7 Å². The van der Waals surface area contributed by atoms with E-state index in [4.69, 9.17) is 20.8 Å². The molecule has 0 aliphatic heterocycles. The van der Waals surface area contributed by atoms with Crippen molar-refractivity contribution in [3.63, 3.8) is 0 Å². The van der Waals surface area contributed by atoms with Crippen LogP contribution in [0.5, 0.6) is 0 Å². The highest BCUT2D eigenvalue weighted by atomic mass is 35.5. The maximum atomic E-state index is 13.1. The first-order valence-corrected chi connectivity index (χ1v) is 11.1. The molecule has 3 rings (SSSR count). The van der Waals surface area contributed by atoms with Crippen molar-refractivity contribution in [2.75, 3.05) is 18.4 Å². The molecule has 0 radical (unpaired) electrons. The van der Waals surface area contributed by atoms with E-state index in [0.717, 1.165) is 5.76 Å². The van der Waals surface area contributed by atoms with Crippen LogP contribution in [0, 0.1) is 6.92 Å². The molecule has 3 unspecified atom stereocenters. The van der Waals surface area contributed by atoms with E-state index in [0.29, 0.717) is 35.0 Å². The third-order valence-corrected chi connectivity index (χ3v) is 6.45. The van der Waals surface area contributed by atoms with E-state index < -0.39 is 11.0 Å². The smallest absolute Gasteiger partial charge is 0.237 e.